The minimum Gasteiger partial charge on any atom is -0.544 e. The van der Waals surface area contributed by atoms with Crippen LogP contribution in [0.1, 0.15) is 6.92 Å². The molecule has 0 saturated heterocycles. The molecule has 0 rings (SSSR count). The molecule has 0 bridgehead atoms. The predicted octanol–water partition coefficient (Wildman–Crippen LogP) is -1.60. The monoisotopic (exact) mass is 268 g/mol. The number of hydrogen-bond donors (Lipinski definition) is 2. The fourth-order valence-electron chi connectivity index (χ4n) is 0.602. The van der Waals surface area contributed by atoms with Gasteiger partial charge >= 0.3 is 10.3 Å². The van der Waals surface area contributed by atoms with Gasteiger partial charge in [-0.05, 0) is 6.92 Å². The van der Waals surface area contributed by atoms with Crippen LogP contribution in [0.15, 0.2) is 12.2 Å². The molecular formula is C9H20N2O5S. The average Bonchev–Trinajstić information content (AvgIpc) is 1.95. The molecule has 0 aromatic carbocycles. The van der Waals surface area contributed by atoms with E-state index in [0.717, 1.165) is 0 Å². The summed E-state index contributed by atoms with van der Waals surface area (Å²) in [5.41, 5.74) is 0.646. The molecule has 0 spiro atoms. The number of carboxylic acids is 1. The highest BCUT2D eigenvalue weighted by molar-refractivity contribution is 7.83. The van der Waals surface area contributed by atoms with E-state index in [0.29, 0.717) is 10.1 Å². The van der Waals surface area contributed by atoms with E-state index in [-0.39, 0.29) is 13.1 Å². The van der Waals surface area contributed by atoms with Crippen molar-refractivity contribution in [2.24, 2.45) is 0 Å². The summed E-state index contributed by atoms with van der Waals surface area (Å²) < 4.78 is 30.2. The van der Waals surface area contributed by atoms with Crippen molar-refractivity contribution in [1.82, 2.24) is 4.72 Å². The van der Waals surface area contributed by atoms with Gasteiger partial charge < -0.3 is 14.4 Å². The third kappa shape index (κ3) is 25.4. The largest absolute Gasteiger partial charge is 0.544 e. The van der Waals surface area contributed by atoms with Gasteiger partial charge in [-0.25, -0.2) is 0 Å². The number of likely N-dealkylation sites (N-methyl/N-ethyl adjacent to an activating group) is 1. The molecule has 0 saturated carbocycles. The lowest BCUT2D eigenvalue weighted by atomic mass is 10.4. The van der Waals surface area contributed by atoms with Crippen LogP contribution in [0.25, 0.3) is 0 Å². The Labute approximate surface area is 102 Å². The first-order valence-corrected chi connectivity index (χ1v) is 6.14. The Morgan fingerprint density at radius 2 is 1.82 bits per heavy atom. The number of rotatable bonds is 5. The third-order valence-electron chi connectivity index (χ3n) is 1.16. The molecule has 17 heavy (non-hydrogen) atoms. The third-order valence-corrected chi connectivity index (χ3v) is 1.67. The van der Waals surface area contributed by atoms with Crippen LogP contribution in [-0.2, 0) is 15.1 Å². The number of carboxylic acid groups (broad SMARTS) is 1. The van der Waals surface area contributed by atoms with E-state index < -0.39 is 16.3 Å². The van der Waals surface area contributed by atoms with E-state index in [4.69, 9.17) is 4.55 Å². The van der Waals surface area contributed by atoms with Gasteiger partial charge in [0.1, 0.15) is 6.54 Å². The highest BCUT2D eigenvalue weighted by atomic mass is 32.2. The molecule has 0 amide bonds. The topological polar surface area (TPSA) is 107 Å². The van der Waals surface area contributed by atoms with Crippen molar-refractivity contribution in [3.05, 3.63) is 12.2 Å². The first-order valence-electron chi connectivity index (χ1n) is 4.70. The lowest BCUT2D eigenvalue weighted by molar-refractivity contribution is -0.864. The summed E-state index contributed by atoms with van der Waals surface area (Å²) in [5.74, 6) is -1.00. The van der Waals surface area contributed by atoms with Gasteiger partial charge in [-0.2, -0.15) is 13.1 Å². The van der Waals surface area contributed by atoms with E-state index in [1.807, 2.05) is 4.72 Å². The predicted molar refractivity (Wildman–Crippen MR) is 62.3 cm³/mol. The SMILES string of the molecule is C=C(C)CNS(=O)(=O)O.C[N+](C)(C)CC(=O)[O-]. The van der Waals surface area contributed by atoms with E-state index in [1.165, 1.54) is 0 Å². The van der Waals surface area contributed by atoms with Gasteiger partial charge in [0.2, 0.25) is 0 Å². The number of hydrogen-bond acceptors (Lipinski definition) is 4. The maximum absolute atomic E-state index is 9.94. The summed E-state index contributed by atoms with van der Waals surface area (Å²) in [4.78, 5) is 9.89. The fourth-order valence-corrected chi connectivity index (χ4v) is 1.03. The Kier molecular flexibility index (Phi) is 7.99. The lowest BCUT2D eigenvalue weighted by Crippen LogP contribution is -2.45. The molecule has 0 aliphatic rings. The van der Waals surface area contributed by atoms with Crippen molar-refractivity contribution in [2.75, 3.05) is 34.2 Å². The molecule has 0 fully saturated rings. The molecule has 0 aliphatic heterocycles. The Hall–Kier alpha value is -0.960. The molecule has 2 N–H and O–H groups in total. The Bertz CT molecular complexity index is 356. The molecule has 7 nitrogen and oxygen atoms in total. The summed E-state index contributed by atoms with van der Waals surface area (Å²) in [6, 6.07) is 0. The summed E-state index contributed by atoms with van der Waals surface area (Å²) in [6.07, 6.45) is 0. The van der Waals surface area contributed by atoms with Crippen molar-refractivity contribution in [3.8, 4) is 0 Å². The van der Waals surface area contributed by atoms with E-state index in [1.54, 1.807) is 28.1 Å². The minimum atomic E-state index is -4.03. The van der Waals surface area contributed by atoms with Crippen LogP contribution in [0.2, 0.25) is 0 Å². The molecule has 102 valence electrons. The van der Waals surface area contributed by atoms with Crippen molar-refractivity contribution in [3.63, 3.8) is 0 Å². The molecule has 8 heteroatoms. The van der Waals surface area contributed by atoms with Gasteiger partial charge in [0.25, 0.3) is 0 Å². The van der Waals surface area contributed by atoms with E-state index in [2.05, 4.69) is 6.58 Å². The highest BCUT2D eigenvalue weighted by Crippen LogP contribution is 1.85. The highest BCUT2D eigenvalue weighted by Gasteiger charge is 2.04. The lowest BCUT2D eigenvalue weighted by Gasteiger charge is -2.23. The number of carbonyl (C=O) groups is 1. The first-order chi connectivity index (χ1) is 7.33. The second-order valence-corrected chi connectivity index (χ2v) is 5.81. The molecule has 0 aromatic rings. The van der Waals surface area contributed by atoms with Crippen LogP contribution in [0.4, 0.5) is 0 Å². The van der Waals surface area contributed by atoms with Crippen LogP contribution in [0.5, 0.6) is 0 Å². The van der Waals surface area contributed by atoms with Crippen LogP contribution in [-0.4, -0.2) is 57.7 Å². The summed E-state index contributed by atoms with van der Waals surface area (Å²) in [7, 11) is 1.37. The van der Waals surface area contributed by atoms with Crippen LogP contribution < -0.4 is 9.83 Å². The quantitative estimate of drug-likeness (QED) is 0.355. The number of nitrogens with one attached hydrogen (secondary N) is 1. The molecule has 0 radical (unpaired) electrons. The zero-order valence-corrected chi connectivity index (χ0v) is 11.4. The Morgan fingerprint density at radius 1 is 1.41 bits per heavy atom. The summed E-state index contributed by atoms with van der Waals surface area (Å²) >= 11 is 0. The average molecular weight is 268 g/mol. The maximum atomic E-state index is 9.94. The normalized spacial score (nSPS) is 11.4. The first kappa shape index (κ1) is 18.4. The van der Waals surface area contributed by atoms with Crippen LogP contribution in [0, 0.1) is 0 Å². The molecular weight excluding hydrogens is 248 g/mol. The fraction of sp³-hybridized carbons (Fsp3) is 0.667. The van der Waals surface area contributed by atoms with E-state index >= 15 is 0 Å². The maximum Gasteiger partial charge on any atom is 0.333 e. The summed E-state index contributed by atoms with van der Waals surface area (Å²) in [5, 5.41) is 9.89. The molecule has 0 aromatic heterocycles. The zero-order valence-electron chi connectivity index (χ0n) is 10.6. The van der Waals surface area contributed by atoms with Crippen LogP contribution in [0.3, 0.4) is 0 Å². The van der Waals surface area contributed by atoms with E-state index in [9.17, 15) is 18.3 Å². The van der Waals surface area contributed by atoms with Crippen molar-refractivity contribution >= 4 is 16.3 Å². The van der Waals surface area contributed by atoms with Gasteiger partial charge in [-0.15, -0.1) is 0 Å². The second kappa shape index (κ2) is 7.38. The summed E-state index contributed by atoms with van der Waals surface area (Å²) in [6.45, 7) is 5.22. The van der Waals surface area contributed by atoms with Gasteiger partial charge in [0.05, 0.1) is 27.1 Å². The molecule has 0 atom stereocenters. The molecule has 0 aliphatic carbocycles. The standard InChI is InChI=1S/C5H11NO2.C4H9NO3S/c1-6(2,3)4-5(7)8;1-4(2)3-5-9(6,7)8/h4H2,1-3H3;5H,1,3H2,2H3,(H,6,7,8). The number of carbonyl (C=O) groups excluding carboxylic acids is 1. The van der Waals surface area contributed by atoms with Crippen molar-refractivity contribution in [2.45, 2.75) is 6.92 Å². The van der Waals surface area contributed by atoms with Crippen molar-refractivity contribution in [1.29, 1.82) is 0 Å². The minimum absolute atomic E-state index is 0.0694. The van der Waals surface area contributed by atoms with Gasteiger partial charge in [0, 0.05) is 6.54 Å². The smallest absolute Gasteiger partial charge is 0.333 e. The second-order valence-electron chi connectivity index (χ2n) is 4.57. The number of aliphatic carboxylic acids is 1. The Morgan fingerprint density at radius 3 is 1.88 bits per heavy atom. The zero-order chi connectivity index (χ0) is 14.3. The molecule has 0 heterocycles. The molecule has 0 unspecified atom stereocenters. The number of quaternary nitrogens is 1. The number of nitrogens with zero attached hydrogens (tertiary/aromatic N) is 1. The van der Waals surface area contributed by atoms with Gasteiger partial charge in [0.15, 0.2) is 0 Å². The van der Waals surface area contributed by atoms with Crippen LogP contribution >= 0.6 is 0 Å². The Balaban J connectivity index is 0. The van der Waals surface area contributed by atoms with Crippen molar-refractivity contribution < 1.29 is 27.4 Å². The van der Waals surface area contributed by atoms with Gasteiger partial charge in [-0.3, -0.25) is 4.55 Å². The van der Waals surface area contributed by atoms with Gasteiger partial charge in [-0.1, -0.05) is 12.2 Å².